The molecule has 5 nitrogen and oxygen atoms in total. The molecule has 0 bridgehead atoms. The maximum atomic E-state index is 10.7. The third-order valence-electron chi connectivity index (χ3n) is 6.11. The van der Waals surface area contributed by atoms with Gasteiger partial charge in [-0.25, -0.2) is 4.98 Å². The second-order valence-electron chi connectivity index (χ2n) is 8.72. The van der Waals surface area contributed by atoms with Crippen LogP contribution in [0.5, 0.6) is 11.5 Å². The Bertz CT molecular complexity index is 823. The van der Waals surface area contributed by atoms with Crippen LogP contribution in [-0.4, -0.2) is 41.0 Å². The minimum Gasteiger partial charge on any atom is -0.484 e. The molecular formula is C21H26N2O3S. The third kappa shape index (κ3) is 3.19. The molecule has 6 heteroatoms. The summed E-state index contributed by atoms with van der Waals surface area (Å²) in [5.74, 6) is 2.68. The molecule has 144 valence electrons. The molecule has 1 aromatic heterocycles. The van der Waals surface area contributed by atoms with Crippen LogP contribution in [0.1, 0.15) is 32.3 Å². The normalized spacial score (nSPS) is 31.3. The molecule has 1 saturated carbocycles. The Balaban J connectivity index is 1.31. The standard InChI is InChI=1S/C21H26N2O3S/c1-21(2)10-13-4-3-5-17(19(13)26-21)25-18-9-15-12-23(20-22-6-7-27-20)11-14(15)8-16(18)24/h3-7,14-16,18,24H,8-12H2,1-2H3/t14-,15+,16+,18+/m0/s1. The minimum absolute atomic E-state index is 0.179. The predicted octanol–water partition coefficient (Wildman–Crippen LogP) is 3.51. The molecule has 0 unspecified atom stereocenters. The fourth-order valence-corrected chi connectivity index (χ4v) is 5.55. The Labute approximate surface area is 163 Å². The number of thiazole rings is 1. The number of ether oxygens (including phenoxy) is 2. The smallest absolute Gasteiger partial charge is 0.185 e. The van der Waals surface area contributed by atoms with Crippen LogP contribution in [0.4, 0.5) is 5.13 Å². The molecule has 27 heavy (non-hydrogen) atoms. The van der Waals surface area contributed by atoms with E-state index in [-0.39, 0.29) is 11.7 Å². The van der Waals surface area contributed by atoms with Gasteiger partial charge in [0.2, 0.25) is 0 Å². The quantitative estimate of drug-likeness (QED) is 0.875. The molecule has 1 N–H and O–H groups in total. The van der Waals surface area contributed by atoms with Gasteiger partial charge in [-0.15, -0.1) is 11.3 Å². The highest BCUT2D eigenvalue weighted by atomic mass is 32.1. The van der Waals surface area contributed by atoms with Gasteiger partial charge in [-0.05, 0) is 44.6 Å². The highest BCUT2D eigenvalue weighted by molar-refractivity contribution is 7.13. The zero-order chi connectivity index (χ0) is 18.6. The number of hydrogen-bond donors (Lipinski definition) is 1. The van der Waals surface area contributed by atoms with Crippen molar-refractivity contribution in [1.82, 2.24) is 4.98 Å². The van der Waals surface area contributed by atoms with E-state index in [1.807, 2.05) is 23.7 Å². The van der Waals surface area contributed by atoms with Crippen LogP contribution in [0.25, 0.3) is 0 Å². The number of aromatic nitrogens is 1. The number of aliphatic hydroxyl groups excluding tert-OH is 1. The first kappa shape index (κ1) is 17.3. The van der Waals surface area contributed by atoms with Crippen molar-refractivity contribution >= 4 is 16.5 Å². The molecule has 2 aromatic rings. The number of rotatable bonds is 3. The van der Waals surface area contributed by atoms with Crippen LogP contribution >= 0.6 is 11.3 Å². The number of para-hydroxylation sites is 1. The number of aliphatic hydroxyl groups is 1. The zero-order valence-corrected chi connectivity index (χ0v) is 16.6. The van der Waals surface area contributed by atoms with Gasteiger partial charge in [0.15, 0.2) is 16.6 Å². The number of anilines is 1. The third-order valence-corrected chi connectivity index (χ3v) is 6.94. The number of fused-ring (bicyclic) bond motifs is 2. The molecule has 0 amide bonds. The number of hydrogen-bond acceptors (Lipinski definition) is 6. The van der Waals surface area contributed by atoms with E-state index in [1.54, 1.807) is 11.3 Å². The van der Waals surface area contributed by atoms with E-state index in [4.69, 9.17) is 9.47 Å². The van der Waals surface area contributed by atoms with Crippen LogP contribution in [0.15, 0.2) is 29.8 Å². The number of benzene rings is 1. The Kier molecular flexibility index (Phi) is 4.09. The summed E-state index contributed by atoms with van der Waals surface area (Å²) in [4.78, 5) is 6.81. The molecule has 1 saturated heterocycles. The zero-order valence-electron chi connectivity index (χ0n) is 15.8. The average Bonchev–Trinajstić information content (AvgIpc) is 3.32. The van der Waals surface area contributed by atoms with Crippen molar-refractivity contribution in [2.75, 3.05) is 18.0 Å². The highest BCUT2D eigenvalue weighted by Gasteiger charge is 2.44. The van der Waals surface area contributed by atoms with E-state index in [0.717, 1.165) is 49.0 Å². The lowest BCUT2D eigenvalue weighted by Gasteiger charge is -2.35. The summed E-state index contributed by atoms with van der Waals surface area (Å²) in [5, 5.41) is 13.9. The fourth-order valence-electron chi connectivity index (χ4n) is 4.89. The van der Waals surface area contributed by atoms with E-state index < -0.39 is 6.10 Å². The van der Waals surface area contributed by atoms with Gasteiger partial charge in [-0.2, -0.15) is 0 Å². The van der Waals surface area contributed by atoms with E-state index in [2.05, 4.69) is 29.8 Å². The topological polar surface area (TPSA) is 54.8 Å². The van der Waals surface area contributed by atoms with Crippen LogP contribution in [0.2, 0.25) is 0 Å². The molecule has 0 spiro atoms. The monoisotopic (exact) mass is 386 g/mol. The summed E-state index contributed by atoms with van der Waals surface area (Å²) in [6.07, 6.45) is 3.80. The van der Waals surface area contributed by atoms with E-state index >= 15 is 0 Å². The second kappa shape index (κ2) is 6.38. The van der Waals surface area contributed by atoms with Gasteiger partial charge in [-0.3, -0.25) is 0 Å². The predicted molar refractivity (Wildman–Crippen MR) is 106 cm³/mol. The number of nitrogens with zero attached hydrogens (tertiary/aromatic N) is 2. The van der Waals surface area contributed by atoms with E-state index in [0.29, 0.717) is 11.8 Å². The van der Waals surface area contributed by atoms with Gasteiger partial charge in [0, 0.05) is 36.7 Å². The molecule has 1 aliphatic carbocycles. The van der Waals surface area contributed by atoms with Crippen LogP contribution in [-0.2, 0) is 6.42 Å². The van der Waals surface area contributed by atoms with E-state index in [9.17, 15) is 5.11 Å². The maximum Gasteiger partial charge on any atom is 0.185 e. The molecule has 3 aliphatic rings. The Morgan fingerprint density at radius 3 is 2.85 bits per heavy atom. The van der Waals surface area contributed by atoms with Crippen LogP contribution in [0, 0.1) is 11.8 Å². The summed E-state index contributed by atoms with van der Waals surface area (Å²) in [6.45, 7) is 6.19. The first-order chi connectivity index (χ1) is 13.0. The fraction of sp³-hybridized carbons (Fsp3) is 0.571. The second-order valence-corrected chi connectivity index (χ2v) is 9.59. The van der Waals surface area contributed by atoms with E-state index in [1.165, 1.54) is 5.56 Å². The summed E-state index contributed by atoms with van der Waals surface area (Å²) in [6, 6.07) is 6.10. The van der Waals surface area contributed by atoms with Crippen molar-refractivity contribution in [3.8, 4) is 11.5 Å². The van der Waals surface area contributed by atoms with Gasteiger partial charge < -0.3 is 19.5 Å². The molecule has 3 heterocycles. The van der Waals surface area contributed by atoms with Gasteiger partial charge >= 0.3 is 0 Å². The van der Waals surface area contributed by atoms with Gasteiger partial charge in [0.1, 0.15) is 11.7 Å². The largest absolute Gasteiger partial charge is 0.484 e. The Morgan fingerprint density at radius 1 is 1.26 bits per heavy atom. The van der Waals surface area contributed by atoms with Crippen molar-refractivity contribution in [3.63, 3.8) is 0 Å². The molecule has 2 aliphatic heterocycles. The Hall–Kier alpha value is -1.79. The van der Waals surface area contributed by atoms with Crippen molar-refractivity contribution < 1.29 is 14.6 Å². The minimum atomic E-state index is -0.437. The van der Waals surface area contributed by atoms with Crippen molar-refractivity contribution in [3.05, 3.63) is 35.3 Å². The maximum absolute atomic E-state index is 10.7. The first-order valence-electron chi connectivity index (χ1n) is 9.78. The van der Waals surface area contributed by atoms with Gasteiger partial charge in [0.25, 0.3) is 0 Å². The van der Waals surface area contributed by atoms with Crippen LogP contribution < -0.4 is 14.4 Å². The van der Waals surface area contributed by atoms with Gasteiger partial charge in [-0.1, -0.05) is 12.1 Å². The molecule has 0 radical (unpaired) electrons. The summed E-state index contributed by atoms with van der Waals surface area (Å²) in [7, 11) is 0. The molecule has 4 atom stereocenters. The average molecular weight is 387 g/mol. The lowest BCUT2D eigenvalue weighted by molar-refractivity contribution is -0.0249. The van der Waals surface area contributed by atoms with Gasteiger partial charge in [0.05, 0.1) is 6.10 Å². The van der Waals surface area contributed by atoms with Crippen molar-refractivity contribution in [2.45, 2.75) is 50.9 Å². The molecular weight excluding hydrogens is 360 g/mol. The van der Waals surface area contributed by atoms with Crippen LogP contribution in [0.3, 0.4) is 0 Å². The van der Waals surface area contributed by atoms with Crippen molar-refractivity contribution in [2.24, 2.45) is 11.8 Å². The SMILES string of the molecule is CC1(C)Cc2cccc(O[C@@H]3C[C@@H]4CN(c5nccs5)C[C@@H]4C[C@H]3O)c2O1. The molecule has 1 aromatic carbocycles. The lowest BCUT2D eigenvalue weighted by Crippen LogP contribution is -2.42. The summed E-state index contributed by atoms with van der Waals surface area (Å²) >= 11 is 1.69. The van der Waals surface area contributed by atoms with Crippen molar-refractivity contribution in [1.29, 1.82) is 0 Å². The summed E-state index contributed by atoms with van der Waals surface area (Å²) in [5.41, 5.74) is 0.994. The molecule has 5 rings (SSSR count). The highest BCUT2D eigenvalue weighted by Crippen LogP contribution is 2.44. The molecule has 2 fully saturated rings. The summed E-state index contributed by atoms with van der Waals surface area (Å²) < 4.78 is 12.5. The lowest BCUT2D eigenvalue weighted by atomic mass is 9.78. The first-order valence-corrected chi connectivity index (χ1v) is 10.7. The Morgan fingerprint density at radius 2 is 2.07 bits per heavy atom.